The maximum Gasteiger partial charge on any atom is 0.137 e. The summed E-state index contributed by atoms with van der Waals surface area (Å²) < 4.78 is 13.9. The van der Waals surface area contributed by atoms with Crippen LogP contribution < -0.4 is 11.3 Å². The highest BCUT2D eigenvalue weighted by molar-refractivity contribution is 9.10. The molecule has 0 radical (unpaired) electrons. The molecule has 96 valence electrons. The van der Waals surface area contributed by atoms with Crippen molar-refractivity contribution in [3.63, 3.8) is 0 Å². The van der Waals surface area contributed by atoms with Crippen LogP contribution >= 0.6 is 15.9 Å². The fraction of sp³-hybridized carbons (Fsp3) is 0.500. The third-order valence-electron chi connectivity index (χ3n) is 2.66. The van der Waals surface area contributed by atoms with Gasteiger partial charge in [-0.25, -0.2) is 4.39 Å². The predicted molar refractivity (Wildman–Crippen MR) is 72.1 cm³/mol. The van der Waals surface area contributed by atoms with Crippen LogP contribution in [-0.2, 0) is 6.42 Å². The molecule has 0 saturated heterocycles. The fourth-order valence-corrected chi connectivity index (χ4v) is 2.06. The number of benzene rings is 1. The second-order valence-electron chi connectivity index (χ2n) is 4.37. The number of hydrogen-bond donors (Lipinski definition) is 2. The lowest BCUT2D eigenvalue weighted by Crippen LogP contribution is -2.38. The Morgan fingerprint density at radius 3 is 2.76 bits per heavy atom. The minimum atomic E-state index is -0.231. The first kappa shape index (κ1) is 14.6. The second kappa shape index (κ2) is 7.06. The van der Waals surface area contributed by atoms with Crippen molar-refractivity contribution in [3.05, 3.63) is 34.1 Å². The Morgan fingerprint density at radius 1 is 1.47 bits per heavy atom. The maximum atomic E-state index is 13.3. The normalized spacial score (nSPS) is 13.1. The van der Waals surface area contributed by atoms with Gasteiger partial charge in [-0.05, 0) is 61.0 Å². The van der Waals surface area contributed by atoms with Crippen molar-refractivity contribution in [2.75, 3.05) is 20.6 Å². The van der Waals surface area contributed by atoms with Crippen molar-refractivity contribution in [2.45, 2.75) is 18.9 Å². The van der Waals surface area contributed by atoms with Crippen LogP contribution in [0, 0.1) is 5.82 Å². The molecule has 1 rings (SSSR count). The van der Waals surface area contributed by atoms with Crippen LogP contribution in [0.4, 0.5) is 4.39 Å². The molecule has 0 bridgehead atoms. The lowest BCUT2D eigenvalue weighted by molar-refractivity contribution is 0.358. The molecular formula is C12H19BrFN3. The Morgan fingerprint density at radius 2 is 2.18 bits per heavy atom. The minimum Gasteiger partial charge on any atom is -0.309 e. The number of nitrogens with zero attached hydrogens (tertiary/aromatic N) is 1. The molecule has 3 N–H and O–H groups in total. The van der Waals surface area contributed by atoms with Gasteiger partial charge in [-0.3, -0.25) is 11.3 Å². The Labute approximate surface area is 110 Å². The zero-order valence-electron chi connectivity index (χ0n) is 10.2. The summed E-state index contributed by atoms with van der Waals surface area (Å²) in [6.07, 6.45) is 1.63. The summed E-state index contributed by atoms with van der Waals surface area (Å²) in [7, 11) is 4.04. The van der Waals surface area contributed by atoms with Gasteiger partial charge in [0.15, 0.2) is 0 Å². The van der Waals surface area contributed by atoms with Gasteiger partial charge in [-0.2, -0.15) is 0 Å². The molecule has 0 heterocycles. The van der Waals surface area contributed by atoms with Crippen LogP contribution in [0.5, 0.6) is 0 Å². The average molecular weight is 304 g/mol. The minimum absolute atomic E-state index is 0.149. The Kier molecular flexibility index (Phi) is 6.05. The summed E-state index contributed by atoms with van der Waals surface area (Å²) in [4.78, 5) is 2.10. The highest BCUT2D eigenvalue weighted by atomic mass is 79.9. The van der Waals surface area contributed by atoms with E-state index in [4.69, 9.17) is 5.84 Å². The van der Waals surface area contributed by atoms with Crippen molar-refractivity contribution < 1.29 is 4.39 Å². The topological polar surface area (TPSA) is 41.3 Å². The number of nitrogens with two attached hydrogens (primary N) is 1. The predicted octanol–water partition coefficient (Wildman–Crippen LogP) is 1.91. The fourth-order valence-electron chi connectivity index (χ4n) is 1.63. The van der Waals surface area contributed by atoms with E-state index in [2.05, 4.69) is 26.3 Å². The molecule has 1 unspecified atom stereocenters. The van der Waals surface area contributed by atoms with Crippen LogP contribution in [0.1, 0.15) is 12.0 Å². The number of halogens is 2. The van der Waals surface area contributed by atoms with Gasteiger partial charge in [0.25, 0.3) is 0 Å². The highest BCUT2D eigenvalue weighted by Gasteiger charge is 2.12. The summed E-state index contributed by atoms with van der Waals surface area (Å²) in [5, 5.41) is 0. The van der Waals surface area contributed by atoms with Gasteiger partial charge in [0, 0.05) is 6.04 Å². The lowest BCUT2D eigenvalue weighted by Gasteiger charge is -2.19. The molecule has 3 nitrogen and oxygen atoms in total. The molecular weight excluding hydrogens is 285 g/mol. The van der Waals surface area contributed by atoms with Crippen molar-refractivity contribution in [1.29, 1.82) is 0 Å². The monoisotopic (exact) mass is 303 g/mol. The number of rotatable bonds is 6. The van der Waals surface area contributed by atoms with Crippen molar-refractivity contribution in [2.24, 2.45) is 5.84 Å². The molecule has 17 heavy (non-hydrogen) atoms. The maximum absolute atomic E-state index is 13.3. The van der Waals surface area contributed by atoms with Gasteiger partial charge in [-0.15, -0.1) is 0 Å². The van der Waals surface area contributed by atoms with Gasteiger partial charge >= 0.3 is 0 Å². The van der Waals surface area contributed by atoms with Gasteiger partial charge in [0.1, 0.15) is 5.82 Å². The molecule has 0 fully saturated rings. The molecule has 0 spiro atoms. The van der Waals surface area contributed by atoms with Crippen LogP contribution in [-0.4, -0.2) is 31.6 Å². The summed E-state index contributed by atoms with van der Waals surface area (Å²) in [6.45, 7) is 0.946. The lowest BCUT2D eigenvalue weighted by atomic mass is 10.0. The van der Waals surface area contributed by atoms with Gasteiger partial charge in [0.2, 0.25) is 0 Å². The molecule has 0 aliphatic rings. The second-order valence-corrected chi connectivity index (χ2v) is 5.17. The number of hydrogen-bond acceptors (Lipinski definition) is 3. The third kappa shape index (κ3) is 4.71. The average Bonchev–Trinajstić information content (AvgIpc) is 2.29. The summed E-state index contributed by atoms with van der Waals surface area (Å²) in [5.74, 6) is 5.29. The van der Waals surface area contributed by atoms with Crippen LogP contribution in [0.3, 0.4) is 0 Å². The van der Waals surface area contributed by atoms with E-state index in [1.165, 1.54) is 6.07 Å². The molecule has 1 aromatic carbocycles. The van der Waals surface area contributed by atoms with Crippen LogP contribution in [0.2, 0.25) is 0 Å². The Hall–Kier alpha value is -0.490. The molecule has 1 atom stereocenters. The van der Waals surface area contributed by atoms with E-state index in [-0.39, 0.29) is 11.9 Å². The van der Waals surface area contributed by atoms with E-state index in [1.807, 2.05) is 20.2 Å². The quantitative estimate of drug-likeness (QED) is 0.623. The highest BCUT2D eigenvalue weighted by Crippen LogP contribution is 2.22. The van der Waals surface area contributed by atoms with Gasteiger partial charge in [-0.1, -0.05) is 12.1 Å². The van der Waals surface area contributed by atoms with Gasteiger partial charge in [0.05, 0.1) is 4.47 Å². The van der Waals surface area contributed by atoms with Crippen LogP contribution in [0.25, 0.3) is 0 Å². The van der Waals surface area contributed by atoms with Crippen molar-refractivity contribution in [3.8, 4) is 0 Å². The first-order chi connectivity index (χ1) is 8.04. The molecule has 0 aliphatic heterocycles. The number of nitrogens with one attached hydrogen (secondary N) is 1. The first-order valence-electron chi connectivity index (χ1n) is 5.58. The zero-order valence-corrected chi connectivity index (χ0v) is 11.8. The molecule has 5 heteroatoms. The smallest absolute Gasteiger partial charge is 0.137 e. The van der Waals surface area contributed by atoms with Crippen molar-refractivity contribution >= 4 is 15.9 Å². The van der Waals surface area contributed by atoms with Crippen LogP contribution in [0.15, 0.2) is 22.7 Å². The molecule has 0 saturated carbocycles. The molecule has 1 aromatic rings. The Bertz CT molecular complexity index is 358. The van der Waals surface area contributed by atoms with E-state index >= 15 is 0 Å². The van der Waals surface area contributed by atoms with E-state index in [1.54, 1.807) is 6.07 Å². The van der Waals surface area contributed by atoms with Gasteiger partial charge < -0.3 is 4.90 Å². The third-order valence-corrected chi connectivity index (χ3v) is 3.55. The standard InChI is InChI=1S/C12H19BrFN3/c1-17(2)7-6-10(16-15)8-9-4-3-5-11(14)12(9)13/h3-5,10,16H,6-8,15H2,1-2H3. The van der Waals surface area contributed by atoms with E-state index in [0.717, 1.165) is 18.5 Å². The summed E-state index contributed by atoms with van der Waals surface area (Å²) in [5.41, 5.74) is 3.72. The summed E-state index contributed by atoms with van der Waals surface area (Å²) >= 11 is 3.26. The molecule has 0 amide bonds. The Balaban J connectivity index is 2.64. The van der Waals surface area contributed by atoms with E-state index < -0.39 is 0 Å². The van der Waals surface area contributed by atoms with E-state index in [0.29, 0.717) is 10.9 Å². The van der Waals surface area contributed by atoms with E-state index in [9.17, 15) is 4.39 Å². The summed E-state index contributed by atoms with van der Waals surface area (Å²) in [6, 6.07) is 5.22. The molecule has 0 aliphatic carbocycles. The largest absolute Gasteiger partial charge is 0.309 e. The number of hydrazine groups is 1. The zero-order chi connectivity index (χ0) is 12.8. The molecule has 0 aromatic heterocycles. The SMILES string of the molecule is CN(C)CCC(Cc1cccc(F)c1Br)NN. The first-order valence-corrected chi connectivity index (χ1v) is 6.37. The van der Waals surface area contributed by atoms with Crippen molar-refractivity contribution in [1.82, 2.24) is 10.3 Å².